The summed E-state index contributed by atoms with van der Waals surface area (Å²) in [6.45, 7) is 6.21. The molecule has 1 aromatic rings. The summed E-state index contributed by atoms with van der Waals surface area (Å²) in [4.78, 5) is 0. The summed E-state index contributed by atoms with van der Waals surface area (Å²) < 4.78 is 6.05. The first kappa shape index (κ1) is 13.9. The molecule has 0 radical (unpaired) electrons. The van der Waals surface area contributed by atoms with E-state index in [4.69, 9.17) is 4.74 Å². The molecule has 1 N–H and O–H groups in total. The standard InChI is InChI=1S/C16H22N2O/c1-12(2)18-16(11-17)9-8-14(10-16)19-15-7-5-4-6-13(15)3/h4-7,12,14,18H,8-10H2,1-3H3. The van der Waals surface area contributed by atoms with Crippen LogP contribution in [0.5, 0.6) is 5.75 Å². The average molecular weight is 258 g/mol. The van der Waals surface area contributed by atoms with Crippen LogP contribution in [0.15, 0.2) is 24.3 Å². The Morgan fingerprint density at radius 3 is 2.79 bits per heavy atom. The predicted molar refractivity (Wildman–Crippen MR) is 76.1 cm³/mol. The summed E-state index contributed by atoms with van der Waals surface area (Å²) in [6, 6.07) is 10.8. The van der Waals surface area contributed by atoms with Crippen molar-refractivity contribution in [2.24, 2.45) is 0 Å². The number of rotatable bonds is 4. The number of hydrogen-bond acceptors (Lipinski definition) is 3. The summed E-state index contributed by atoms with van der Waals surface area (Å²) in [5.41, 5.74) is 0.732. The molecule has 3 nitrogen and oxygen atoms in total. The molecular weight excluding hydrogens is 236 g/mol. The maximum absolute atomic E-state index is 9.44. The number of nitrogens with one attached hydrogen (secondary N) is 1. The highest BCUT2D eigenvalue weighted by Crippen LogP contribution is 2.33. The third-order valence-corrected chi connectivity index (χ3v) is 3.64. The maximum Gasteiger partial charge on any atom is 0.122 e. The van der Waals surface area contributed by atoms with Crippen molar-refractivity contribution < 1.29 is 4.74 Å². The van der Waals surface area contributed by atoms with Gasteiger partial charge in [-0.3, -0.25) is 5.32 Å². The van der Waals surface area contributed by atoms with E-state index in [1.807, 2.05) is 31.2 Å². The highest BCUT2D eigenvalue weighted by atomic mass is 16.5. The van der Waals surface area contributed by atoms with E-state index < -0.39 is 5.54 Å². The monoisotopic (exact) mass is 258 g/mol. The van der Waals surface area contributed by atoms with E-state index in [2.05, 4.69) is 25.2 Å². The van der Waals surface area contributed by atoms with Crippen LogP contribution in [0.4, 0.5) is 0 Å². The summed E-state index contributed by atoms with van der Waals surface area (Å²) in [7, 11) is 0. The number of hydrogen-bond donors (Lipinski definition) is 1. The molecule has 102 valence electrons. The van der Waals surface area contributed by atoms with Gasteiger partial charge in [0.05, 0.1) is 6.07 Å². The van der Waals surface area contributed by atoms with Crippen LogP contribution in [-0.2, 0) is 0 Å². The van der Waals surface area contributed by atoms with Gasteiger partial charge in [0.25, 0.3) is 0 Å². The van der Waals surface area contributed by atoms with Crippen molar-refractivity contribution in [1.82, 2.24) is 5.32 Å². The molecular formula is C16H22N2O. The maximum atomic E-state index is 9.44. The topological polar surface area (TPSA) is 45.0 Å². The molecule has 1 aromatic carbocycles. The second-order valence-corrected chi connectivity index (χ2v) is 5.74. The molecule has 1 fully saturated rings. The lowest BCUT2D eigenvalue weighted by Gasteiger charge is -2.25. The summed E-state index contributed by atoms with van der Waals surface area (Å²) in [5.74, 6) is 0.936. The Balaban J connectivity index is 2.02. The lowest BCUT2D eigenvalue weighted by Crippen LogP contribution is -2.46. The number of benzene rings is 1. The van der Waals surface area contributed by atoms with Crippen LogP contribution in [0.3, 0.4) is 0 Å². The first-order valence-electron chi connectivity index (χ1n) is 6.96. The Morgan fingerprint density at radius 2 is 2.16 bits per heavy atom. The minimum atomic E-state index is -0.415. The van der Waals surface area contributed by atoms with E-state index in [0.717, 1.165) is 30.6 Å². The molecule has 0 spiro atoms. The second kappa shape index (κ2) is 5.63. The Bertz CT molecular complexity index is 478. The highest BCUT2D eigenvalue weighted by molar-refractivity contribution is 5.32. The van der Waals surface area contributed by atoms with Gasteiger partial charge in [0.1, 0.15) is 17.4 Å². The van der Waals surface area contributed by atoms with Crippen LogP contribution in [0.25, 0.3) is 0 Å². The second-order valence-electron chi connectivity index (χ2n) is 5.74. The normalized spacial score (nSPS) is 26.4. The van der Waals surface area contributed by atoms with Crippen molar-refractivity contribution in [2.45, 2.75) is 57.7 Å². The molecule has 2 unspecified atom stereocenters. The molecule has 19 heavy (non-hydrogen) atoms. The molecule has 0 aromatic heterocycles. The zero-order valence-corrected chi connectivity index (χ0v) is 11.9. The fourth-order valence-corrected chi connectivity index (χ4v) is 2.79. The first-order chi connectivity index (χ1) is 9.04. The Labute approximate surface area is 115 Å². The summed E-state index contributed by atoms with van der Waals surface area (Å²) >= 11 is 0. The Hall–Kier alpha value is -1.53. The molecule has 0 bridgehead atoms. The smallest absolute Gasteiger partial charge is 0.122 e. The highest BCUT2D eigenvalue weighted by Gasteiger charge is 2.40. The molecule has 0 amide bonds. The minimum absolute atomic E-state index is 0.131. The van der Waals surface area contributed by atoms with Crippen LogP contribution in [-0.4, -0.2) is 17.7 Å². The fraction of sp³-hybridized carbons (Fsp3) is 0.562. The number of nitrogens with zero attached hydrogens (tertiary/aromatic N) is 1. The van der Waals surface area contributed by atoms with Gasteiger partial charge in [0, 0.05) is 12.5 Å². The van der Waals surface area contributed by atoms with Crippen molar-refractivity contribution in [3.63, 3.8) is 0 Å². The van der Waals surface area contributed by atoms with Crippen LogP contribution in [0, 0.1) is 18.3 Å². The first-order valence-corrected chi connectivity index (χ1v) is 6.96. The van der Waals surface area contributed by atoms with Gasteiger partial charge in [-0.1, -0.05) is 18.2 Å². The van der Waals surface area contributed by atoms with Gasteiger partial charge < -0.3 is 4.74 Å². The van der Waals surface area contributed by atoms with Crippen LogP contribution in [0.1, 0.15) is 38.7 Å². The van der Waals surface area contributed by atoms with Crippen molar-refractivity contribution in [2.75, 3.05) is 0 Å². The average Bonchev–Trinajstić information content (AvgIpc) is 2.75. The van der Waals surface area contributed by atoms with Crippen molar-refractivity contribution in [3.05, 3.63) is 29.8 Å². The zero-order chi connectivity index (χ0) is 13.9. The van der Waals surface area contributed by atoms with Gasteiger partial charge >= 0.3 is 0 Å². The van der Waals surface area contributed by atoms with Gasteiger partial charge in [-0.2, -0.15) is 5.26 Å². The van der Waals surface area contributed by atoms with Gasteiger partial charge in [0.15, 0.2) is 0 Å². The number of ether oxygens (including phenoxy) is 1. The van der Waals surface area contributed by atoms with Gasteiger partial charge in [-0.15, -0.1) is 0 Å². The third kappa shape index (κ3) is 3.27. The van der Waals surface area contributed by atoms with E-state index in [0.29, 0.717) is 6.04 Å². The van der Waals surface area contributed by atoms with E-state index in [1.165, 1.54) is 0 Å². The van der Waals surface area contributed by atoms with Gasteiger partial charge in [-0.05, 0) is 45.2 Å². The number of para-hydroxylation sites is 1. The van der Waals surface area contributed by atoms with E-state index in [1.54, 1.807) is 0 Å². The van der Waals surface area contributed by atoms with Crippen LogP contribution >= 0.6 is 0 Å². The number of nitriles is 1. The minimum Gasteiger partial charge on any atom is -0.490 e. The Kier molecular flexibility index (Phi) is 4.11. The van der Waals surface area contributed by atoms with Crippen LogP contribution < -0.4 is 10.1 Å². The molecule has 2 atom stereocenters. The summed E-state index contributed by atoms with van der Waals surface area (Å²) in [5, 5.41) is 12.8. The lowest BCUT2D eigenvalue weighted by atomic mass is 9.98. The van der Waals surface area contributed by atoms with Crippen molar-refractivity contribution in [1.29, 1.82) is 5.26 Å². The Morgan fingerprint density at radius 1 is 1.42 bits per heavy atom. The summed E-state index contributed by atoms with van der Waals surface area (Å²) in [6.07, 6.45) is 2.68. The number of aryl methyl sites for hydroxylation is 1. The quantitative estimate of drug-likeness (QED) is 0.902. The zero-order valence-electron chi connectivity index (χ0n) is 11.9. The molecule has 0 saturated heterocycles. The van der Waals surface area contributed by atoms with E-state index >= 15 is 0 Å². The molecule has 0 heterocycles. The molecule has 3 heteroatoms. The van der Waals surface area contributed by atoms with E-state index in [9.17, 15) is 5.26 Å². The van der Waals surface area contributed by atoms with Gasteiger partial charge in [0.2, 0.25) is 0 Å². The predicted octanol–water partition coefficient (Wildman–Crippen LogP) is 3.19. The molecule has 0 aliphatic heterocycles. The SMILES string of the molecule is Cc1ccccc1OC1CCC(C#N)(NC(C)C)C1. The van der Waals surface area contributed by atoms with Crippen LogP contribution in [0.2, 0.25) is 0 Å². The largest absolute Gasteiger partial charge is 0.490 e. The third-order valence-electron chi connectivity index (χ3n) is 3.64. The molecule has 1 aliphatic rings. The van der Waals surface area contributed by atoms with Gasteiger partial charge in [-0.25, -0.2) is 0 Å². The molecule has 2 rings (SSSR count). The lowest BCUT2D eigenvalue weighted by molar-refractivity contribution is 0.198. The van der Waals surface area contributed by atoms with E-state index in [-0.39, 0.29) is 6.10 Å². The fourth-order valence-electron chi connectivity index (χ4n) is 2.79. The van der Waals surface area contributed by atoms with Crippen molar-refractivity contribution in [3.8, 4) is 11.8 Å². The molecule has 1 aliphatic carbocycles. The van der Waals surface area contributed by atoms with Crippen molar-refractivity contribution >= 4 is 0 Å². The molecule has 1 saturated carbocycles.